The van der Waals surface area contributed by atoms with Crippen LogP contribution in [0.1, 0.15) is 11.1 Å². The second kappa shape index (κ2) is 6.27. The van der Waals surface area contributed by atoms with Gasteiger partial charge in [0.05, 0.1) is 5.56 Å². The lowest BCUT2D eigenvalue weighted by molar-refractivity contribution is -0.137. The standard InChI is InChI=1S/C17H22F3N3O/c1-22(2)8-13-14-9-23(10-15(13)14)16(24)21-7-11-3-5-12(6-4-11)17(18,19)20/h3-6,13-15H,7-10H2,1-2H3,(H,21,24)/t13?,14-,15+. The summed E-state index contributed by atoms with van der Waals surface area (Å²) in [6.45, 7) is 2.87. The fourth-order valence-corrected chi connectivity index (χ4v) is 3.61. The van der Waals surface area contributed by atoms with Crippen LogP contribution in [0.15, 0.2) is 24.3 Å². The van der Waals surface area contributed by atoms with E-state index in [1.165, 1.54) is 12.1 Å². The van der Waals surface area contributed by atoms with Crippen molar-refractivity contribution in [1.29, 1.82) is 0 Å². The third kappa shape index (κ3) is 3.66. The van der Waals surface area contributed by atoms with Crippen LogP contribution in [0.4, 0.5) is 18.0 Å². The number of hydrogen-bond donors (Lipinski definition) is 1. The molecule has 3 atom stereocenters. The van der Waals surface area contributed by atoms with Gasteiger partial charge in [-0.2, -0.15) is 13.2 Å². The third-order valence-corrected chi connectivity index (χ3v) is 4.96. The molecule has 2 amide bonds. The van der Waals surface area contributed by atoms with Gasteiger partial charge in [0.25, 0.3) is 0 Å². The van der Waals surface area contributed by atoms with E-state index in [0.717, 1.165) is 31.8 Å². The van der Waals surface area contributed by atoms with Gasteiger partial charge in [-0.1, -0.05) is 12.1 Å². The minimum absolute atomic E-state index is 0.134. The maximum absolute atomic E-state index is 12.5. The normalized spacial score (nSPS) is 25.8. The second-order valence-electron chi connectivity index (χ2n) is 7.01. The molecule has 132 valence electrons. The Bertz CT molecular complexity index is 588. The molecule has 2 aliphatic rings. The molecule has 1 aromatic rings. The highest BCUT2D eigenvalue weighted by Crippen LogP contribution is 2.51. The second-order valence-corrected chi connectivity index (χ2v) is 7.01. The Kier molecular flexibility index (Phi) is 4.46. The Balaban J connectivity index is 1.44. The Morgan fingerprint density at radius 3 is 2.29 bits per heavy atom. The van der Waals surface area contributed by atoms with Crippen LogP contribution in [0.5, 0.6) is 0 Å². The molecule has 0 spiro atoms. The number of nitrogens with one attached hydrogen (secondary N) is 1. The fraction of sp³-hybridized carbons (Fsp3) is 0.588. The monoisotopic (exact) mass is 341 g/mol. The lowest BCUT2D eigenvalue weighted by atomic mass is 10.1. The number of halogens is 3. The van der Waals surface area contributed by atoms with Crippen molar-refractivity contribution >= 4 is 6.03 Å². The van der Waals surface area contributed by atoms with Gasteiger partial charge in [-0.05, 0) is 49.5 Å². The van der Waals surface area contributed by atoms with E-state index >= 15 is 0 Å². The van der Waals surface area contributed by atoms with Gasteiger partial charge in [-0.25, -0.2) is 4.79 Å². The van der Waals surface area contributed by atoms with Gasteiger partial charge in [0.15, 0.2) is 0 Å². The van der Waals surface area contributed by atoms with Crippen LogP contribution in [0.25, 0.3) is 0 Å². The molecule has 1 unspecified atom stereocenters. The number of alkyl halides is 3. The van der Waals surface area contributed by atoms with Crippen molar-refractivity contribution < 1.29 is 18.0 Å². The van der Waals surface area contributed by atoms with Gasteiger partial charge in [-0.3, -0.25) is 0 Å². The first kappa shape index (κ1) is 17.1. The van der Waals surface area contributed by atoms with Crippen molar-refractivity contribution in [2.75, 3.05) is 33.7 Å². The summed E-state index contributed by atoms with van der Waals surface area (Å²) in [7, 11) is 4.12. The summed E-state index contributed by atoms with van der Waals surface area (Å²) in [5.74, 6) is 1.90. The maximum Gasteiger partial charge on any atom is 0.416 e. The average Bonchev–Trinajstić information content (AvgIpc) is 2.95. The summed E-state index contributed by atoms with van der Waals surface area (Å²) in [5, 5.41) is 2.79. The molecule has 1 heterocycles. The van der Waals surface area contributed by atoms with Crippen LogP contribution in [0.3, 0.4) is 0 Å². The molecular formula is C17H22F3N3O. The molecule has 0 bridgehead atoms. The maximum atomic E-state index is 12.5. The quantitative estimate of drug-likeness (QED) is 0.914. The number of amides is 2. The summed E-state index contributed by atoms with van der Waals surface area (Å²) in [4.78, 5) is 16.2. The highest BCUT2D eigenvalue weighted by molar-refractivity contribution is 5.74. The first-order valence-electron chi connectivity index (χ1n) is 8.09. The van der Waals surface area contributed by atoms with Crippen LogP contribution < -0.4 is 5.32 Å². The Hall–Kier alpha value is -1.76. The lowest BCUT2D eigenvalue weighted by Crippen LogP contribution is -2.40. The minimum Gasteiger partial charge on any atom is -0.334 e. The van der Waals surface area contributed by atoms with E-state index in [2.05, 4.69) is 24.3 Å². The smallest absolute Gasteiger partial charge is 0.334 e. The molecule has 3 rings (SSSR count). The molecular weight excluding hydrogens is 319 g/mol. The zero-order valence-electron chi connectivity index (χ0n) is 13.8. The molecule has 1 saturated heterocycles. The SMILES string of the molecule is CN(C)CC1[C@H]2CN(C(=O)NCc3ccc(C(F)(F)F)cc3)C[C@@H]12. The van der Waals surface area contributed by atoms with Gasteiger partial charge in [0.2, 0.25) is 0 Å². The van der Waals surface area contributed by atoms with Gasteiger partial charge in [-0.15, -0.1) is 0 Å². The molecule has 1 aliphatic heterocycles. The van der Waals surface area contributed by atoms with Gasteiger partial charge in [0, 0.05) is 26.2 Å². The zero-order chi connectivity index (χ0) is 17.5. The highest BCUT2D eigenvalue weighted by atomic mass is 19.4. The number of fused-ring (bicyclic) bond motifs is 1. The first-order chi connectivity index (χ1) is 11.3. The molecule has 1 N–H and O–H groups in total. The summed E-state index contributed by atoms with van der Waals surface area (Å²) in [5.41, 5.74) is -0.0182. The van der Waals surface area contributed by atoms with Gasteiger partial charge >= 0.3 is 12.2 Å². The van der Waals surface area contributed by atoms with E-state index in [-0.39, 0.29) is 12.6 Å². The number of benzene rings is 1. The fourth-order valence-electron chi connectivity index (χ4n) is 3.61. The Labute approximate surface area is 139 Å². The van der Waals surface area contributed by atoms with E-state index in [0.29, 0.717) is 23.3 Å². The highest BCUT2D eigenvalue weighted by Gasteiger charge is 2.56. The van der Waals surface area contributed by atoms with Crippen LogP contribution in [-0.4, -0.2) is 49.6 Å². The predicted molar refractivity (Wildman–Crippen MR) is 84.3 cm³/mol. The van der Waals surface area contributed by atoms with E-state index in [1.54, 1.807) is 0 Å². The van der Waals surface area contributed by atoms with Crippen LogP contribution >= 0.6 is 0 Å². The predicted octanol–water partition coefficient (Wildman–Crippen LogP) is 2.65. The number of piperidine rings is 1. The largest absolute Gasteiger partial charge is 0.416 e. The molecule has 7 heteroatoms. The molecule has 1 saturated carbocycles. The van der Waals surface area contributed by atoms with E-state index in [1.807, 2.05) is 4.90 Å². The lowest BCUT2D eigenvalue weighted by Gasteiger charge is -2.21. The molecule has 1 aliphatic carbocycles. The Morgan fingerprint density at radius 2 is 1.79 bits per heavy atom. The molecule has 4 nitrogen and oxygen atoms in total. The summed E-state index contributed by atoms with van der Waals surface area (Å²) < 4.78 is 37.5. The summed E-state index contributed by atoms with van der Waals surface area (Å²) in [6.07, 6.45) is -4.33. The van der Waals surface area contributed by atoms with E-state index in [4.69, 9.17) is 0 Å². The van der Waals surface area contributed by atoms with Crippen molar-refractivity contribution in [2.45, 2.75) is 12.7 Å². The number of urea groups is 1. The molecule has 2 fully saturated rings. The number of rotatable bonds is 4. The number of nitrogens with zero attached hydrogens (tertiary/aromatic N) is 2. The van der Waals surface area contributed by atoms with Crippen molar-refractivity contribution in [3.05, 3.63) is 35.4 Å². The number of carbonyl (C=O) groups is 1. The zero-order valence-corrected chi connectivity index (χ0v) is 13.8. The van der Waals surface area contributed by atoms with Crippen LogP contribution in [0, 0.1) is 17.8 Å². The molecule has 0 aromatic heterocycles. The molecule has 24 heavy (non-hydrogen) atoms. The Morgan fingerprint density at radius 1 is 1.21 bits per heavy atom. The van der Waals surface area contributed by atoms with Crippen LogP contribution in [0.2, 0.25) is 0 Å². The topological polar surface area (TPSA) is 35.6 Å². The summed E-state index contributed by atoms with van der Waals surface area (Å²) >= 11 is 0. The first-order valence-corrected chi connectivity index (χ1v) is 8.09. The minimum atomic E-state index is -4.33. The van der Waals surface area contributed by atoms with Crippen molar-refractivity contribution in [3.63, 3.8) is 0 Å². The number of carbonyl (C=O) groups excluding carboxylic acids is 1. The summed E-state index contributed by atoms with van der Waals surface area (Å²) in [6, 6.07) is 4.75. The molecule has 1 aromatic carbocycles. The molecule has 0 radical (unpaired) electrons. The van der Waals surface area contributed by atoms with E-state index in [9.17, 15) is 18.0 Å². The van der Waals surface area contributed by atoms with Crippen molar-refractivity contribution in [3.8, 4) is 0 Å². The van der Waals surface area contributed by atoms with Gasteiger partial charge in [0.1, 0.15) is 0 Å². The number of likely N-dealkylation sites (tertiary alicyclic amines) is 1. The van der Waals surface area contributed by atoms with Crippen LogP contribution in [-0.2, 0) is 12.7 Å². The van der Waals surface area contributed by atoms with Gasteiger partial charge < -0.3 is 15.1 Å². The van der Waals surface area contributed by atoms with E-state index < -0.39 is 11.7 Å². The number of hydrogen-bond acceptors (Lipinski definition) is 2. The average molecular weight is 341 g/mol. The third-order valence-electron chi connectivity index (χ3n) is 4.96. The van der Waals surface area contributed by atoms with Crippen molar-refractivity contribution in [2.24, 2.45) is 17.8 Å². The van der Waals surface area contributed by atoms with Crippen molar-refractivity contribution in [1.82, 2.24) is 15.1 Å².